The molecule has 1 aromatic heterocycles. The van der Waals surface area contributed by atoms with Crippen LogP contribution in [0.15, 0.2) is 16.6 Å². The highest BCUT2D eigenvalue weighted by molar-refractivity contribution is 9.10. The third kappa shape index (κ3) is 3.99. The molecule has 0 aromatic carbocycles. The number of alkyl halides is 1. The summed E-state index contributed by atoms with van der Waals surface area (Å²) in [5.41, 5.74) is 1.08. The molecular formula is C11H16BrClN2. The molecule has 0 aliphatic carbocycles. The topological polar surface area (TPSA) is 24.9 Å². The number of rotatable bonds is 4. The second kappa shape index (κ2) is 5.17. The Morgan fingerprint density at radius 1 is 1.47 bits per heavy atom. The maximum Gasteiger partial charge on any atom is 0.126 e. The molecule has 0 aliphatic rings. The molecule has 0 atom stereocenters. The van der Waals surface area contributed by atoms with Crippen molar-refractivity contribution in [2.45, 2.75) is 20.8 Å². The Hall–Kier alpha value is -0.280. The zero-order chi connectivity index (χ0) is 11.5. The summed E-state index contributed by atoms with van der Waals surface area (Å²) >= 11 is 9.27. The standard InChI is InChI=1S/C11H16BrClN2/c1-8-9(12)4-5-10(15-8)14-7-11(2,3)6-13/h4-5H,6-7H2,1-3H3,(H,14,15). The summed E-state index contributed by atoms with van der Waals surface area (Å²) in [7, 11) is 0. The first-order valence-electron chi connectivity index (χ1n) is 4.87. The van der Waals surface area contributed by atoms with Crippen molar-refractivity contribution in [3.05, 3.63) is 22.3 Å². The molecule has 1 N–H and O–H groups in total. The van der Waals surface area contributed by atoms with E-state index in [0.29, 0.717) is 5.88 Å². The molecular weight excluding hydrogens is 275 g/mol. The average molecular weight is 292 g/mol. The van der Waals surface area contributed by atoms with Crippen molar-refractivity contribution in [1.29, 1.82) is 0 Å². The molecule has 4 heteroatoms. The summed E-state index contributed by atoms with van der Waals surface area (Å²) in [6, 6.07) is 3.96. The van der Waals surface area contributed by atoms with Gasteiger partial charge in [0, 0.05) is 16.9 Å². The van der Waals surface area contributed by atoms with E-state index in [1.54, 1.807) is 0 Å². The lowest BCUT2D eigenvalue weighted by Gasteiger charge is -2.22. The van der Waals surface area contributed by atoms with Crippen LogP contribution >= 0.6 is 27.5 Å². The predicted octanol–water partition coefficient (Wildman–Crippen LogP) is 3.83. The largest absolute Gasteiger partial charge is 0.369 e. The molecule has 1 heterocycles. The van der Waals surface area contributed by atoms with Crippen LogP contribution in [-0.4, -0.2) is 17.4 Å². The first kappa shape index (κ1) is 12.8. The molecule has 0 fully saturated rings. The Bertz CT molecular complexity index is 339. The van der Waals surface area contributed by atoms with E-state index in [2.05, 4.69) is 40.1 Å². The molecule has 15 heavy (non-hydrogen) atoms. The van der Waals surface area contributed by atoms with E-state index in [9.17, 15) is 0 Å². The minimum absolute atomic E-state index is 0.0875. The fraction of sp³-hybridized carbons (Fsp3) is 0.545. The van der Waals surface area contributed by atoms with Crippen molar-refractivity contribution in [2.75, 3.05) is 17.7 Å². The van der Waals surface area contributed by atoms with Crippen molar-refractivity contribution < 1.29 is 0 Å². The van der Waals surface area contributed by atoms with Crippen molar-refractivity contribution in [3.63, 3.8) is 0 Å². The number of anilines is 1. The van der Waals surface area contributed by atoms with E-state index in [4.69, 9.17) is 11.6 Å². The summed E-state index contributed by atoms with van der Waals surface area (Å²) in [5.74, 6) is 1.53. The van der Waals surface area contributed by atoms with Gasteiger partial charge in [0.25, 0.3) is 0 Å². The van der Waals surface area contributed by atoms with Gasteiger partial charge >= 0.3 is 0 Å². The van der Waals surface area contributed by atoms with Crippen LogP contribution in [0.2, 0.25) is 0 Å². The van der Waals surface area contributed by atoms with Gasteiger partial charge in [-0.15, -0.1) is 11.6 Å². The van der Waals surface area contributed by atoms with Crippen molar-refractivity contribution in [3.8, 4) is 0 Å². The number of halogens is 2. The molecule has 1 aromatic rings. The zero-order valence-electron chi connectivity index (χ0n) is 9.27. The number of nitrogens with one attached hydrogen (secondary N) is 1. The fourth-order valence-electron chi connectivity index (χ4n) is 1.02. The Morgan fingerprint density at radius 2 is 2.13 bits per heavy atom. The molecule has 0 aliphatic heterocycles. The third-order valence-electron chi connectivity index (χ3n) is 2.13. The van der Waals surface area contributed by atoms with Gasteiger partial charge in [-0.25, -0.2) is 4.98 Å². The molecule has 2 nitrogen and oxygen atoms in total. The van der Waals surface area contributed by atoms with Crippen molar-refractivity contribution in [2.24, 2.45) is 5.41 Å². The monoisotopic (exact) mass is 290 g/mol. The van der Waals surface area contributed by atoms with E-state index in [1.807, 2.05) is 19.1 Å². The van der Waals surface area contributed by atoms with Gasteiger partial charge < -0.3 is 5.32 Å². The van der Waals surface area contributed by atoms with Crippen LogP contribution in [0.1, 0.15) is 19.5 Å². The molecule has 0 unspecified atom stereocenters. The van der Waals surface area contributed by atoms with Gasteiger partial charge in [0.1, 0.15) is 5.82 Å². The summed E-state index contributed by atoms with van der Waals surface area (Å²) < 4.78 is 1.03. The minimum atomic E-state index is 0.0875. The molecule has 1 rings (SSSR count). The smallest absolute Gasteiger partial charge is 0.126 e. The van der Waals surface area contributed by atoms with Crippen LogP contribution in [0.25, 0.3) is 0 Å². The third-order valence-corrected chi connectivity index (χ3v) is 3.69. The van der Waals surface area contributed by atoms with E-state index in [0.717, 1.165) is 22.5 Å². The maximum atomic E-state index is 5.85. The van der Waals surface area contributed by atoms with Gasteiger partial charge in [-0.3, -0.25) is 0 Å². The Kier molecular flexibility index (Phi) is 4.41. The van der Waals surface area contributed by atoms with Crippen LogP contribution in [-0.2, 0) is 0 Å². The van der Waals surface area contributed by atoms with Gasteiger partial charge in [-0.1, -0.05) is 13.8 Å². The number of hydrogen-bond acceptors (Lipinski definition) is 2. The van der Waals surface area contributed by atoms with Gasteiger partial charge in [0.2, 0.25) is 0 Å². The molecule has 0 saturated carbocycles. The number of hydrogen-bond donors (Lipinski definition) is 1. The van der Waals surface area contributed by atoms with Gasteiger partial charge in [0.15, 0.2) is 0 Å². The molecule has 0 saturated heterocycles. The number of aromatic nitrogens is 1. The Morgan fingerprint density at radius 3 is 2.67 bits per heavy atom. The molecule has 0 radical (unpaired) electrons. The Labute approximate surface area is 105 Å². The lowest BCUT2D eigenvalue weighted by atomic mass is 9.97. The first-order valence-corrected chi connectivity index (χ1v) is 6.20. The molecule has 0 spiro atoms. The minimum Gasteiger partial charge on any atom is -0.369 e. The highest BCUT2D eigenvalue weighted by Gasteiger charge is 2.15. The summed E-state index contributed by atoms with van der Waals surface area (Å²) in [6.07, 6.45) is 0. The predicted molar refractivity (Wildman–Crippen MR) is 69.7 cm³/mol. The van der Waals surface area contributed by atoms with Gasteiger partial charge in [0.05, 0.1) is 5.69 Å². The van der Waals surface area contributed by atoms with Crippen LogP contribution in [0.3, 0.4) is 0 Å². The van der Waals surface area contributed by atoms with Gasteiger partial charge in [-0.05, 0) is 40.4 Å². The average Bonchev–Trinajstić information content (AvgIpc) is 2.20. The SMILES string of the molecule is Cc1nc(NCC(C)(C)CCl)ccc1Br. The van der Waals surface area contributed by atoms with Crippen LogP contribution in [0, 0.1) is 12.3 Å². The highest BCUT2D eigenvalue weighted by atomic mass is 79.9. The number of nitrogens with zero attached hydrogens (tertiary/aromatic N) is 1. The van der Waals surface area contributed by atoms with Gasteiger partial charge in [-0.2, -0.15) is 0 Å². The van der Waals surface area contributed by atoms with Crippen LogP contribution in [0.5, 0.6) is 0 Å². The fourth-order valence-corrected chi connectivity index (χ4v) is 1.33. The Balaban J connectivity index is 2.62. The summed E-state index contributed by atoms with van der Waals surface area (Å²) in [5, 5.41) is 3.29. The van der Waals surface area contributed by atoms with E-state index < -0.39 is 0 Å². The molecule has 0 amide bonds. The van der Waals surface area contributed by atoms with Crippen molar-refractivity contribution in [1.82, 2.24) is 4.98 Å². The first-order chi connectivity index (χ1) is 6.94. The second-order valence-electron chi connectivity index (χ2n) is 4.42. The normalized spacial score (nSPS) is 11.5. The second-order valence-corrected chi connectivity index (χ2v) is 5.54. The summed E-state index contributed by atoms with van der Waals surface area (Å²) in [6.45, 7) is 7.05. The summed E-state index contributed by atoms with van der Waals surface area (Å²) in [4.78, 5) is 4.41. The lowest BCUT2D eigenvalue weighted by Crippen LogP contribution is -2.25. The molecule has 84 valence electrons. The number of pyridine rings is 1. The van der Waals surface area contributed by atoms with Crippen LogP contribution in [0.4, 0.5) is 5.82 Å². The lowest BCUT2D eigenvalue weighted by molar-refractivity contribution is 0.449. The maximum absolute atomic E-state index is 5.85. The zero-order valence-corrected chi connectivity index (χ0v) is 11.6. The molecule has 0 bridgehead atoms. The quantitative estimate of drug-likeness (QED) is 0.853. The highest BCUT2D eigenvalue weighted by Crippen LogP contribution is 2.20. The van der Waals surface area contributed by atoms with E-state index in [-0.39, 0.29) is 5.41 Å². The van der Waals surface area contributed by atoms with Crippen LogP contribution < -0.4 is 5.32 Å². The van der Waals surface area contributed by atoms with E-state index >= 15 is 0 Å². The van der Waals surface area contributed by atoms with Crippen molar-refractivity contribution >= 4 is 33.3 Å². The van der Waals surface area contributed by atoms with E-state index in [1.165, 1.54) is 0 Å². The number of aryl methyl sites for hydroxylation is 1.